The zero-order valence-corrected chi connectivity index (χ0v) is 7.91. The van der Waals surface area contributed by atoms with Crippen molar-refractivity contribution in [3.8, 4) is 0 Å². The Morgan fingerprint density at radius 1 is 1.31 bits per heavy atom. The van der Waals surface area contributed by atoms with E-state index in [1.54, 1.807) is 13.0 Å². The van der Waals surface area contributed by atoms with E-state index in [0.29, 0.717) is 11.4 Å². The normalized spacial score (nSPS) is 11.8. The Morgan fingerprint density at radius 2 is 1.85 bits per heavy atom. The molecule has 0 spiro atoms. The Hall–Kier alpha value is -0.890. The number of alkyl halides is 1. The van der Waals surface area contributed by atoms with E-state index < -0.39 is 11.6 Å². The first kappa shape index (κ1) is 10.2. The van der Waals surface area contributed by atoms with E-state index in [1.165, 1.54) is 12.1 Å². The van der Waals surface area contributed by atoms with E-state index in [2.05, 4.69) is 0 Å². The molecule has 0 bridgehead atoms. The lowest BCUT2D eigenvalue weighted by Crippen LogP contribution is -1.84. The van der Waals surface area contributed by atoms with Gasteiger partial charge in [-0.1, -0.05) is 11.6 Å². The molecular formula is C10H9ClF2. The molecule has 0 unspecified atom stereocenters. The van der Waals surface area contributed by atoms with Gasteiger partial charge in [0.1, 0.15) is 11.6 Å². The molecule has 13 heavy (non-hydrogen) atoms. The molecule has 1 rings (SSSR count). The minimum atomic E-state index is -0.575. The maximum Gasteiger partial charge on any atom is 0.126 e. The van der Waals surface area contributed by atoms with Crippen molar-refractivity contribution in [3.05, 3.63) is 41.0 Å². The highest BCUT2D eigenvalue weighted by atomic mass is 35.5. The predicted octanol–water partition coefficient (Wildman–Crippen LogP) is 3.61. The number of hydrogen-bond acceptors (Lipinski definition) is 0. The topological polar surface area (TPSA) is 0 Å². The third kappa shape index (κ3) is 3.15. The average Bonchev–Trinajstić information content (AvgIpc) is 2.02. The molecule has 0 nitrogen and oxygen atoms in total. The molecule has 0 amide bonds. The molecule has 1 aromatic carbocycles. The molecule has 3 heteroatoms. The number of allylic oxidation sites excluding steroid dienone is 1. The Kier molecular flexibility index (Phi) is 3.43. The van der Waals surface area contributed by atoms with Crippen molar-refractivity contribution >= 4 is 17.7 Å². The SMILES string of the molecule is C/C(=C/c1cc(F)cc(F)c1)CCl. The third-order valence-corrected chi connectivity index (χ3v) is 1.93. The second kappa shape index (κ2) is 4.38. The van der Waals surface area contributed by atoms with Gasteiger partial charge in [0.05, 0.1) is 0 Å². The van der Waals surface area contributed by atoms with Gasteiger partial charge in [-0.3, -0.25) is 0 Å². The lowest BCUT2D eigenvalue weighted by atomic mass is 10.1. The maximum atomic E-state index is 12.7. The lowest BCUT2D eigenvalue weighted by Gasteiger charge is -1.97. The lowest BCUT2D eigenvalue weighted by molar-refractivity contribution is 0.583. The molecule has 0 heterocycles. The van der Waals surface area contributed by atoms with Crippen LogP contribution in [0.4, 0.5) is 8.78 Å². The summed E-state index contributed by atoms with van der Waals surface area (Å²) in [4.78, 5) is 0. The first-order valence-corrected chi connectivity index (χ1v) is 4.34. The summed E-state index contributed by atoms with van der Waals surface area (Å²) in [6.45, 7) is 1.80. The Bertz CT molecular complexity index is 311. The molecule has 0 atom stereocenters. The summed E-state index contributed by atoms with van der Waals surface area (Å²) in [7, 11) is 0. The molecule has 1 aromatic rings. The highest BCUT2D eigenvalue weighted by Gasteiger charge is 1.98. The van der Waals surface area contributed by atoms with Crippen LogP contribution < -0.4 is 0 Å². The van der Waals surface area contributed by atoms with Crippen LogP contribution in [0.25, 0.3) is 6.08 Å². The van der Waals surface area contributed by atoms with Gasteiger partial charge in [-0.15, -0.1) is 11.6 Å². The van der Waals surface area contributed by atoms with Crippen molar-refractivity contribution in [1.29, 1.82) is 0 Å². The number of rotatable bonds is 2. The van der Waals surface area contributed by atoms with Crippen molar-refractivity contribution in [2.45, 2.75) is 6.92 Å². The van der Waals surface area contributed by atoms with E-state index in [0.717, 1.165) is 11.6 Å². The van der Waals surface area contributed by atoms with Crippen LogP contribution >= 0.6 is 11.6 Å². The van der Waals surface area contributed by atoms with Gasteiger partial charge in [0.2, 0.25) is 0 Å². The fourth-order valence-electron chi connectivity index (χ4n) is 0.982. The van der Waals surface area contributed by atoms with E-state index >= 15 is 0 Å². The minimum Gasteiger partial charge on any atom is -0.207 e. The van der Waals surface area contributed by atoms with Gasteiger partial charge in [-0.05, 0) is 24.6 Å². The summed E-state index contributed by atoms with van der Waals surface area (Å²) in [5.74, 6) is -0.791. The fraction of sp³-hybridized carbons (Fsp3) is 0.200. The highest BCUT2D eigenvalue weighted by Crippen LogP contribution is 2.12. The Morgan fingerprint density at radius 3 is 2.31 bits per heavy atom. The molecule has 0 saturated carbocycles. The second-order valence-corrected chi connectivity index (χ2v) is 3.09. The summed E-state index contributed by atoms with van der Waals surface area (Å²) in [6.07, 6.45) is 1.65. The summed E-state index contributed by atoms with van der Waals surface area (Å²) in [5, 5.41) is 0. The molecular weight excluding hydrogens is 194 g/mol. The van der Waals surface area contributed by atoms with Crippen LogP contribution in [0.15, 0.2) is 23.8 Å². The van der Waals surface area contributed by atoms with Crippen molar-refractivity contribution < 1.29 is 8.78 Å². The largest absolute Gasteiger partial charge is 0.207 e. The van der Waals surface area contributed by atoms with Crippen molar-refractivity contribution in [3.63, 3.8) is 0 Å². The molecule has 0 aliphatic heterocycles. The van der Waals surface area contributed by atoms with Crippen LogP contribution in [0.2, 0.25) is 0 Å². The Balaban J connectivity index is 3.02. The van der Waals surface area contributed by atoms with Crippen LogP contribution in [0.5, 0.6) is 0 Å². The van der Waals surface area contributed by atoms with Gasteiger partial charge in [0.25, 0.3) is 0 Å². The van der Waals surface area contributed by atoms with Crippen molar-refractivity contribution in [1.82, 2.24) is 0 Å². The first-order chi connectivity index (χ1) is 6.11. The van der Waals surface area contributed by atoms with Crippen LogP contribution in [-0.4, -0.2) is 5.88 Å². The van der Waals surface area contributed by atoms with Crippen molar-refractivity contribution in [2.24, 2.45) is 0 Å². The number of hydrogen-bond donors (Lipinski definition) is 0. The first-order valence-electron chi connectivity index (χ1n) is 3.81. The minimum absolute atomic E-state index is 0.359. The summed E-state index contributed by atoms with van der Waals surface area (Å²) >= 11 is 5.53. The molecule has 70 valence electrons. The van der Waals surface area contributed by atoms with Gasteiger partial charge in [-0.25, -0.2) is 8.78 Å². The molecule has 0 aliphatic rings. The van der Waals surface area contributed by atoms with E-state index in [4.69, 9.17) is 11.6 Å². The average molecular weight is 203 g/mol. The van der Waals surface area contributed by atoms with Crippen molar-refractivity contribution in [2.75, 3.05) is 5.88 Å². The van der Waals surface area contributed by atoms with E-state index in [-0.39, 0.29) is 0 Å². The quantitative estimate of drug-likeness (QED) is 0.643. The molecule has 0 N–H and O–H groups in total. The summed E-state index contributed by atoms with van der Waals surface area (Å²) in [5.41, 5.74) is 1.36. The zero-order chi connectivity index (χ0) is 9.84. The van der Waals surface area contributed by atoms with Gasteiger partial charge in [0.15, 0.2) is 0 Å². The summed E-state index contributed by atoms with van der Waals surface area (Å²) in [6, 6.07) is 3.37. The molecule has 0 saturated heterocycles. The summed E-state index contributed by atoms with van der Waals surface area (Å²) < 4.78 is 25.4. The number of benzene rings is 1. The smallest absolute Gasteiger partial charge is 0.126 e. The fourth-order valence-corrected chi connectivity index (χ4v) is 1.06. The zero-order valence-electron chi connectivity index (χ0n) is 7.15. The van der Waals surface area contributed by atoms with Gasteiger partial charge >= 0.3 is 0 Å². The van der Waals surface area contributed by atoms with Crippen LogP contribution in [-0.2, 0) is 0 Å². The molecule has 0 aromatic heterocycles. The highest BCUT2D eigenvalue weighted by molar-refractivity contribution is 6.19. The maximum absolute atomic E-state index is 12.7. The number of halogens is 3. The molecule has 0 aliphatic carbocycles. The molecule has 0 radical (unpaired) electrons. The standard InChI is InChI=1S/C10H9ClF2/c1-7(6-11)2-8-3-9(12)5-10(13)4-8/h2-5H,6H2,1H3/b7-2-. The monoisotopic (exact) mass is 202 g/mol. The Labute approximate surface area is 80.8 Å². The molecule has 0 fully saturated rings. The predicted molar refractivity (Wildman–Crippen MR) is 50.7 cm³/mol. The van der Waals surface area contributed by atoms with Crippen LogP contribution in [0.1, 0.15) is 12.5 Å². The van der Waals surface area contributed by atoms with Gasteiger partial charge in [-0.2, -0.15) is 0 Å². The van der Waals surface area contributed by atoms with E-state index in [1.807, 2.05) is 0 Å². The third-order valence-electron chi connectivity index (χ3n) is 1.51. The van der Waals surface area contributed by atoms with E-state index in [9.17, 15) is 8.78 Å². The van der Waals surface area contributed by atoms with Gasteiger partial charge in [0, 0.05) is 11.9 Å². The van der Waals surface area contributed by atoms with Gasteiger partial charge < -0.3 is 0 Å². The second-order valence-electron chi connectivity index (χ2n) is 2.83. The van der Waals surface area contributed by atoms with Crippen LogP contribution in [0.3, 0.4) is 0 Å². The van der Waals surface area contributed by atoms with Crippen LogP contribution in [0, 0.1) is 11.6 Å².